The van der Waals surface area contributed by atoms with Crippen LogP contribution in [0.2, 0.25) is 0 Å². The predicted molar refractivity (Wildman–Crippen MR) is 89.1 cm³/mol. The molecule has 0 amide bonds. The lowest BCUT2D eigenvalue weighted by Crippen LogP contribution is -2.47. The fraction of sp³-hybridized carbons (Fsp3) is 0.722. The Morgan fingerprint density at radius 3 is 2.96 bits per heavy atom. The first-order valence-corrected chi connectivity index (χ1v) is 8.90. The second-order valence-corrected chi connectivity index (χ2v) is 7.09. The number of pyridine rings is 1. The summed E-state index contributed by atoms with van der Waals surface area (Å²) in [7, 11) is 0. The van der Waals surface area contributed by atoms with Gasteiger partial charge in [-0.3, -0.25) is 4.90 Å². The number of nitrogens with zero attached hydrogens (tertiary/aromatic N) is 2. The highest BCUT2D eigenvalue weighted by molar-refractivity contribution is 5.26. The van der Waals surface area contributed by atoms with E-state index in [1.807, 2.05) is 0 Å². The third-order valence-corrected chi connectivity index (χ3v) is 5.07. The fourth-order valence-electron chi connectivity index (χ4n) is 3.94. The molecule has 3 heterocycles. The molecule has 0 aliphatic carbocycles. The number of aromatic nitrogens is 1. The van der Waals surface area contributed by atoms with Gasteiger partial charge in [0.05, 0.1) is 12.7 Å². The molecule has 3 rings (SSSR count). The number of hydrogen-bond donors (Lipinski definition) is 0. The standard InChI is InChI=1S/C18H26F2N2O3/c1-13(2)24-12-18-6-3-9-22(18)14(4-7-18)11-23-16-10-15(5-8-21-16)25-17(19)20/h5,8,10,13-14,17H,3-4,6-7,9,11-12H2,1-2H3/t14?,18-/m0/s1. The molecule has 0 aromatic carbocycles. The minimum atomic E-state index is -2.85. The maximum atomic E-state index is 12.3. The van der Waals surface area contributed by atoms with E-state index in [1.54, 1.807) is 0 Å². The van der Waals surface area contributed by atoms with Crippen molar-refractivity contribution in [1.29, 1.82) is 0 Å². The molecule has 2 aliphatic rings. The summed E-state index contributed by atoms with van der Waals surface area (Å²) in [6.07, 6.45) is 6.14. The highest BCUT2D eigenvalue weighted by Crippen LogP contribution is 2.42. The van der Waals surface area contributed by atoms with Crippen molar-refractivity contribution >= 4 is 0 Å². The highest BCUT2D eigenvalue weighted by atomic mass is 19.3. The molecule has 5 nitrogen and oxygen atoms in total. The highest BCUT2D eigenvalue weighted by Gasteiger charge is 2.49. The van der Waals surface area contributed by atoms with Gasteiger partial charge in [-0.2, -0.15) is 8.78 Å². The summed E-state index contributed by atoms with van der Waals surface area (Å²) in [6, 6.07) is 3.10. The van der Waals surface area contributed by atoms with Crippen LogP contribution >= 0.6 is 0 Å². The molecule has 1 unspecified atom stereocenters. The van der Waals surface area contributed by atoms with E-state index in [4.69, 9.17) is 9.47 Å². The van der Waals surface area contributed by atoms with E-state index in [0.29, 0.717) is 18.5 Å². The zero-order chi connectivity index (χ0) is 17.9. The van der Waals surface area contributed by atoms with Crippen molar-refractivity contribution in [3.8, 4) is 11.6 Å². The minimum absolute atomic E-state index is 0.0623. The lowest BCUT2D eigenvalue weighted by Gasteiger charge is -2.35. The van der Waals surface area contributed by atoms with Crippen LogP contribution in [0.5, 0.6) is 11.6 Å². The quantitative estimate of drug-likeness (QED) is 0.713. The summed E-state index contributed by atoms with van der Waals surface area (Å²) in [6.45, 7) is 3.58. The average molecular weight is 356 g/mol. The van der Waals surface area contributed by atoms with Gasteiger partial charge in [0.25, 0.3) is 0 Å². The van der Waals surface area contributed by atoms with E-state index in [9.17, 15) is 8.78 Å². The van der Waals surface area contributed by atoms with E-state index >= 15 is 0 Å². The summed E-state index contributed by atoms with van der Waals surface area (Å²) in [5.74, 6) is 0.376. The summed E-state index contributed by atoms with van der Waals surface area (Å²) in [4.78, 5) is 6.59. The Morgan fingerprint density at radius 2 is 2.20 bits per heavy atom. The first-order valence-electron chi connectivity index (χ1n) is 8.90. The van der Waals surface area contributed by atoms with Gasteiger partial charge in [0.1, 0.15) is 12.4 Å². The zero-order valence-electron chi connectivity index (χ0n) is 14.8. The van der Waals surface area contributed by atoms with Crippen LogP contribution in [0.15, 0.2) is 18.3 Å². The smallest absolute Gasteiger partial charge is 0.387 e. The molecule has 2 atom stereocenters. The molecule has 0 N–H and O–H groups in total. The Kier molecular flexibility index (Phi) is 5.74. The van der Waals surface area contributed by atoms with Gasteiger partial charge in [0, 0.05) is 23.8 Å². The maximum Gasteiger partial charge on any atom is 0.387 e. The van der Waals surface area contributed by atoms with Gasteiger partial charge < -0.3 is 14.2 Å². The molecule has 7 heteroatoms. The van der Waals surface area contributed by atoms with Crippen LogP contribution in [0.25, 0.3) is 0 Å². The molecule has 2 aliphatic heterocycles. The molecule has 2 fully saturated rings. The SMILES string of the molecule is CC(C)OC[C@@]12CCCN1C(COc1cc(OC(F)F)ccn1)CC2. The largest absolute Gasteiger partial charge is 0.476 e. The molecule has 0 saturated carbocycles. The second-order valence-electron chi connectivity index (χ2n) is 7.09. The molecule has 0 bridgehead atoms. The van der Waals surface area contributed by atoms with Crippen molar-refractivity contribution < 1.29 is 23.0 Å². The number of hydrogen-bond acceptors (Lipinski definition) is 5. The van der Waals surface area contributed by atoms with Crippen LogP contribution in [0.3, 0.4) is 0 Å². The van der Waals surface area contributed by atoms with Gasteiger partial charge in [0.15, 0.2) is 0 Å². The number of fused-ring (bicyclic) bond motifs is 1. The van der Waals surface area contributed by atoms with E-state index < -0.39 is 6.61 Å². The van der Waals surface area contributed by atoms with Crippen molar-refractivity contribution in [2.45, 2.75) is 63.8 Å². The van der Waals surface area contributed by atoms with Gasteiger partial charge in [-0.05, 0) is 52.1 Å². The first kappa shape index (κ1) is 18.3. The molecule has 0 spiro atoms. The molecule has 0 radical (unpaired) electrons. The Bertz CT molecular complexity index is 573. The average Bonchev–Trinajstić information content (AvgIpc) is 3.10. The fourth-order valence-corrected chi connectivity index (χ4v) is 3.94. The van der Waals surface area contributed by atoms with Crippen LogP contribution in [0.1, 0.15) is 39.5 Å². The lowest BCUT2D eigenvalue weighted by atomic mass is 9.95. The zero-order valence-corrected chi connectivity index (χ0v) is 14.8. The first-order chi connectivity index (χ1) is 12.0. The number of ether oxygens (including phenoxy) is 3. The monoisotopic (exact) mass is 356 g/mol. The maximum absolute atomic E-state index is 12.3. The van der Waals surface area contributed by atoms with E-state index in [0.717, 1.165) is 32.4 Å². The third-order valence-electron chi connectivity index (χ3n) is 5.07. The topological polar surface area (TPSA) is 43.8 Å². The van der Waals surface area contributed by atoms with Crippen LogP contribution in [0.4, 0.5) is 8.78 Å². The van der Waals surface area contributed by atoms with Crippen molar-refractivity contribution in [1.82, 2.24) is 9.88 Å². The molecule has 25 heavy (non-hydrogen) atoms. The van der Waals surface area contributed by atoms with E-state index in [1.165, 1.54) is 24.8 Å². The third kappa shape index (κ3) is 4.39. The number of alkyl halides is 2. The van der Waals surface area contributed by atoms with Crippen molar-refractivity contribution in [2.75, 3.05) is 19.8 Å². The van der Waals surface area contributed by atoms with Crippen molar-refractivity contribution in [3.05, 3.63) is 18.3 Å². The number of rotatable bonds is 8. The Balaban J connectivity index is 1.57. The van der Waals surface area contributed by atoms with E-state index in [2.05, 4.69) is 28.5 Å². The summed E-state index contributed by atoms with van der Waals surface area (Å²) in [5, 5.41) is 0. The molecule has 1 aromatic heterocycles. The minimum Gasteiger partial charge on any atom is -0.476 e. The van der Waals surface area contributed by atoms with Gasteiger partial charge in [0.2, 0.25) is 5.88 Å². The molecule has 1 aromatic rings. The molecular formula is C18H26F2N2O3. The molecule has 2 saturated heterocycles. The Morgan fingerprint density at radius 1 is 1.36 bits per heavy atom. The van der Waals surface area contributed by atoms with Crippen molar-refractivity contribution in [2.24, 2.45) is 0 Å². The summed E-state index contributed by atoms with van der Waals surface area (Å²) >= 11 is 0. The van der Waals surface area contributed by atoms with Crippen LogP contribution < -0.4 is 9.47 Å². The van der Waals surface area contributed by atoms with Crippen LogP contribution in [-0.2, 0) is 4.74 Å². The van der Waals surface area contributed by atoms with Gasteiger partial charge in [-0.1, -0.05) is 0 Å². The van der Waals surface area contributed by atoms with Gasteiger partial charge in [-0.25, -0.2) is 4.98 Å². The Labute approximate surface area is 147 Å². The second kappa shape index (κ2) is 7.83. The molecule has 140 valence electrons. The van der Waals surface area contributed by atoms with E-state index in [-0.39, 0.29) is 17.4 Å². The number of halogens is 2. The predicted octanol–water partition coefficient (Wildman–Crippen LogP) is 3.48. The summed E-state index contributed by atoms with van der Waals surface area (Å²) < 4.78 is 40.7. The Hall–Kier alpha value is -1.47. The molecular weight excluding hydrogens is 330 g/mol. The van der Waals surface area contributed by atoms with Crippen molar-refractivity contribution in [3.63, 3.8) is 0 Å². The van der Waals surface area contributed by atoms with Crippen LogP contribution in [-0.4, -0.2) is 53.9 Å². The normalized spacial score (nSPS) is 26.4. The summed E-state index contributed by atoms with van der Waals surface area (Å²) in [5.41, 5.74) is 0.131. The van der Waals surface area contributed by atoms with Gasteiger partial charge in [-0.15, -0.1) is 0 Å². The van der Waals surface area contributed by atoms with Crippen LogP contribution in [0, 0.1) is 0 Å². The lowest BCUT2D eigenvalue weighted by molar-refractivity contribution is -0.0500. The van der Waals surface area contributed by atoms with Gasteiger partial charge >= 0.3 is 6.61 Å².